The Balaban J connectivity index is 1.95. The number of aryl methyl sites for hydroxylation is 1. The largest absolute Gasteiger partial charge is 0.391 e. The van der Waals surface area contributed by atoms with Crippen LogP contribution in [-0.4, -0.2) is 24.2 Å². The normalized spacial score (nSPS) is 19.1. The summed E-state index contributed by atoms with van der Waals surface area (Å²) in [6.07, 6.45) is -1.91. The van der Waals surface area contributed by atoms with Crippen LogP contribution in [0.5, 0.6) is 0 Å². The molecule has 0 aromatic carbocycles. The predicted molar refractivity (Wildman–Crippen MR) is 57.8 cm³/mol. The summed E-state index contributed by atoms with van der Waals surface area (Å²) < 4.78 is 37.3. The Bertz CT molecular complexity index is 353. The van der Waals surface area contributed by atoms with Gasteiger partial charge in [-0.3, -0.25) is 0 Å². The van der Waals surface area contributed by atoms with Crippen molar-refractivity contribution in [2.45, 2.75) is 25.9 Å². The number of anilines is 1. The minimum Gasteiger partial charge on any atom is -0.348 e. The molecule has 1 aromatic heterocycles. The van der Waals surface area contributed by atoms with E-state index in [1.54, 1.807) is 6.20 Å². The number of thiazole rings is 1. The second-order valence-corrected chi connectivity index (χ2v) is 5.27. The van der Waals surface area contributed by atoms with E-state index < -0.39 is 12.1 Å². The highest BCUT2D eigenvalue weighted by Gasteiger charge is 2.41. The van der Waals surface area contributed by atoms with Crippen LogP contribution >= 0.6 is 11.3 Å². The molecule has 2 rings (SSSR count). The molecule has 0 bridgehead atoms. The second-order valence-electron chi connectivity index (χ2n) is 4.06. The van der Waals surface area contributed by atoms with Gasteiger partial charge in [-0.25, -0.2) is 4.98 Å². The molecule has 0 unspecified atom stereocenters. The first-order chi connectivity index (χ1) is 7.47. The van der Waals surface area contributed by atoms with Gasteiger partial charge < -0.3 is 4.90 Å². The highest BCUT2D eigenvalue weighted by Crippen LogP contribution is 2.35. The average molecular weight is 250 g/mol. The van der Waals surface area contributed by atoms with E-state index in [0.29, 0.717) is 13.1 Å². The Kier molecular flexibility index (Phi) is 3.10. The zero-order chi connectivity index (χ0) is 11.8. The SMILES string of the molecule is Cc1cnc(N2CCC(C(F)(F)F)CC2)s1. The maximum Gasteiger partial charge on any atom is 0.391 e. The maximum atomic E-state index is 12.4. The van der Waals surface area contributed by atoms with Crippen molar-refractivity contribution in [3.8, 4) is 0 Å². The molecule has 1 aliphatic heterocycles. The van der Waals surface area contributed by atoms with E-state index in [1.807, 2.05) is 11.8 Å². The summed E-state index contributed by atoms with van der Waals surface area (Å²) in [5.41, 5.74) is 0. The molecule has 16 heavy (non-hydrogen) atoms. The van der Waals surface area contributed by atoms with Crippen LogP contribution in [0.2, 0.25) is 0 Å². The van der Waals surface area contributed by atoms with Crippen molar-refractivity contribution in [1.82, 2.24) is 4.98 Å². The number of piperidine rings is 1. The number of aromatic nitrogens is 1. The Labute approximate surface area is 96.1 Å². The van der Waals surface area contributed by atoms with Crippen molar-refractivity contribution in [2.24, 2.45) is 5.92 Å². The van der Waals surface area contributed by atoms with Crippen molar-refractivity contribution < 1.29 is 13.2 Å². The third-order valence-electron chi connectivity index (χ3n) is 2.84. The van der Waals surface area contributed by atoms with Gasteiger partial charge in [0.2, 0.25) is 0 Å². The molecule has 1 saturated heterocycles. The fourth-order valence-electron chi connectivity index (χ4n) is 1.89. The van der Waals surface area contributed by atoms with Gasteiger partial charge in [-0.2, -0.15) is 13.2 Å². The Morgan fingerprint density at radius 1 is 1.38 bits per heavy atom. The number of alkyl halides is 3. The van der Waals surface area contributed by atoms with Crippen LogP contribution < -0.4 is 4.90 Å². The van der Waals surface area contributed by atoms with Crippen LogP contribution in [0, 0.1) is 12.8 Å². The minimum absolute atomic E-state index is 0.183. The number of hydrogen-bond donors (Lipinski definition) is 0. The molecule has 0 radical (unpaired) electrons. The van der Waals surface area contributed by atoms with Crippen molar-refractivity contribution in [3.63, 3.8) is 0 Å². The van der Waals surface area contributed by atoms with Crippen LogP contribution in [0.25, 0.3) is 0 Å². The quantitative estimate of drug-likeness (QED) is 0.760. The molecule has 6 heteroatoms. The lowest BCUT2D eigenvalue weighted by Gasteiger charge is -2.32. The number of nitrogens with zero attached hydrogens (tertiary/aromatic N) is 2. The van der Waals surface area contributed by atoms with Crippen LogP contribution in [-0.2, 0) is 0 Å². The van der Waals surface area contributed by atoms with Gasteiger partial charge in [-0.15, -0.1) is 11.3 Å². The number of halogens is 3. The number of rotatable bonds is 1. The highest BCUT2D eigenvalue weighted by molar-refractivity contribution is 7.15. The van der Waals surface area contributed by atoms with E-state index in [4.69, 9.17) is 0 Å². The first-order valence-corrected chi connectivity index (χ1v) is 6.02. The zero-order valence-corrected chi connectivity index (χ0v) is 9.74. The fourth-order valence-corrected chi connectivity index (χ4v) is 2.70. The fraction of sp³-hybridized carbons (Fsp3) is 0.700. The summed E-state index contributed by atoms with van der Waals surface area (Å²) in [5, 5.41) is 0.845. The third kappa shape index (κ3) is 2.48. The van der Waals surface area contributed by atoms with E-state index in [9.17, 15) is 13.2 Å². The summed E-state index contributed by atoms with van der Waals surface area (Å²) in [4.78, 5) is 7.22. The van der Waals surface area contributed by atoms with Crippen molar-refractivity contribution in [2.75, 3.05) is 18.0 Å². The molecule has 2 heterocycles. The van der Waals surface area contributed by atoms with Crippen LogP contribution in [0.15, 0.2) is 6.20 Å². The van der Waals surface area contributed by atoms with Gasteiger partial charge >= 0.3 is 6.18 Å². The minimum atomic E-state index is -4.04. The van der Waals surface area contributed by atoms with Gasteiger partial charge in [0.15, 0.2) is 5.13 Å². The summed E-state index contributed by atoms with van der Waals surface area (Å²) in [5.74, 6) is -1.13. The third-order valence-corrected chi connectivity index (χ3v) is 3.81. The topological polar surface area (TPSA) is 16.1 Å². The molecule has 0 N–H and O–H groups in total. The van der Waals surface area contributed by atoms with Gasteiger partial charge in [-0.05, 0) is 19.8 Å². The lowest BCUT2D eigenvalue weighted by molar-refractivity contribution is -0.179. The predicted octanol–water partition coefficient (Wildman–Crippen LogP) is 3.23. The summed E-state index contributed by atoms with van der Waals surface area (Å²) in [6.45, 7) is 2.86. The molecule has 90 valence electrons. The summed E-state index contributed by atoms with van der Waals surface area (Å²) in [6, 6.07) is 0. The average Bonchev–Trinajstić information content (AvgIpc) is 2.64. The van der Waals surface area contributed by atoms with Crippen LogP contribution in [0.3, 0.4) is 0 Å². The molecule has 0 spiro atoms. The molecule has 0 amide bonds. The van der Waals surface area contributed by atoms with Gasteiger partial charge in [0.1, 0.15) is 0 Å². The number of hydrogen-bond acceptors (Lipinski definition) is 3. The lowest BCUT2D eigenvalue weighted by Crippen LogP contribution is -2.38. The zero-order valence-electron chi connectivity index (χ0n) is 8.92. The van der Waals surface area contributed by atoms with E-state index in [2.05, 4.69) is 4.98 Å². The molecule has 0 atom stereocenters. The van der Waals surface area contributed by atoms with Gasteiger partial charge in [-0.1, -0.05) is 0 Å². The molecule has 1 aromatic rings. The monoisotopic (exact) mass is 250 g/mol. The Hall–Kier alpha value is -0.780. The molecule has 1 aliphatic rings. The highest BCUT2D eigenvalue weighted by atomic mass is 32.1. The van der Waals surface area contributed by atoms with E-state index in [-0.39, 0.29) is 12.8 Å². The Morgan fingerprint density at radius 3 is 2.44 bits per heavy atom. The van der Waals surface area contributed by atoms with Crippen molar-refractivity contribution in [3.05, 3.63) is 11.1 Å². The van der Waals surface area contributed by atoms with Crippen molar-refractivity contribution >= 4 is 16.5 Å². The van der Waals surface area contributed by atoms with Crippen molar-refractivity contribution in [1.29, 1.82) is 0 Å². The standard InChI is InChI=1S/C10H13F3N2S/c1-7-6-14-9(16-7)15-4-2-8(3-5-15)10(11,12)13/h6,8H,2-5H2,1H3. The molecular formula is C10H13F3N2S. The molecular weight excluding hydrogens is 237 g/mol. The van der Waals surface area contributed by atoms with Crippen LogP contribution in [0.4, 0.5) is 18.3 Å². The molecule has 0 saturated carbocycles. The summed E-state index contributed by atoms with van der Waals surface area (Å²) in [7, 11) is 0. The molecule has 0 aliphatic carbocycles. The Morgan fingerprint density at radius 2 is 2.00 bits per heavy atom. The molecule has 1 fully saturated rings. The first kappa shape index (κ1) is 11.7. The van der Waals surface area contributed by atoms with E-state index >= 15 is 0 Å². The van der Waals surface area contributed by atoms with Crippen LogP contribution in [0.1, 0.15) is 17.7 Å². The van der Waals surface area contributed by atoms with Gasteiger partial charge in [0, 0.05) is 24.2 Å². The van der Waals surface area contributed by atoms with Gasteiger partial charge in [0.25, 0.3) is 0 Å². The van der Waals surface area contributed by atoms with E-state index in [0.717, 1.165) is 10.0 Å². The maximum absolute atomic E-state index is 12.4. The second kappa shape index (κ2) is 4.24. The smallest absolute Gasteiger partial charge is 0.348 e. The first-order valence-electron chi connectivity index (χ1n) is 5.21. The lowest BCUT2D eigenvalue weighted by atomic mass is 9.97. The van der Waals surface area contributed by atoms with E-state index in [1.165, 1.54) is 11.3 Å². The summed E-state index contributed by atoms with van der Waals surface area (Å²) >= 11 is 1.54. The van der Waals surface area contributed by atoms with Gasteiger partial charge in [0.05, 0.1) is 5.92 Å². The molecule has 2 nitrogen and oxygen atoms in total.